The van der Waals surface area contributed by atoms with Crippen LogP contribution in [-0.4, -0.2) is 19.1 Å². The van der Waals surface area contributed by atoms with Gasteiger partial charge in [0.05, 0.1) is 7.11 Å². The summed E-state index contributed by atoms with van der Waals surface area (Å²) in [6.45, 7) is 1.83. The summed E-state index contributed by atoms with van der Waals surface area (Å²) in [4.78, 5) is 12.1. The van der Waals surface area contributed by atoms with Crippen molar-refractivity contribution in [2.75, 3.05) is 17.7 Å². The summed E-state index contributed by atoms with van der Waals surface area (Å²) in [7, 11) is 1.61. The van der Waals surface area contributed by atoms with Crippen LogP contribution in [0.4, 0.5) is 11.4 Å². The van der Waals surface area contributed by atoms with Gasteiger partial charge in [-0.25, -0.2) is 0 Å². The fourth-order valence-electron chi connectivity index (χ4n) is 1.82. The van der Waals surface area contributed by atoms with Gasteiger partial charge in [0.15, 0.2) is 0 Å². The SMILES string of the molecule is COc1ccc(NC(=O)C(C)Nc2cccc(I)c2)cc1. The van der Waals surface area contributed by atoms with Crippen LogP contribution in [0.5, 0.6) is 5.75 Å². The van der Waals surface area contributed by atoms with E-state index in [9.17, 15) is 4.79 Å². The van der Waals surface area contributed by atoms with E-state index < -0.39 is 0 Å². The molecule has 110 valence electrons. The second-order valence-corrected chi connectivity index (χ2v) is 5.84. The van der Waals surface area contributed by atoms with E-state index in [1.54, 1.807) is 7.11 Å². The highest BCUT2D eigenvalue weighted by Gasteiger charge is 2.12. The van der Waals surface area contributed by atoms with E-state index in [0.717, 1.165) is 20.7 Å². The summed E-state index contributed by atoms with van der Waals surface area (Å²) < 4.78 is 6.21. The number of carbonyl (C=O) groups is 1. The Morgan fingerprint density at radius 1 is 1.14 bits per heavy atom. The van der Waals surface area contributed by atoms with Crippen molar-refractivity contribution in [3.8, 4) is 5.75 Å². The van der Waals surface area contributed by atoms with Crippen LogP contribution in [-0.2, 0) is 4.79 Å². The topological polar surface area (TPSA) is 50.4 Å². The first kappa shape index (κ1) is 15.6. The van der Waals surface area contributed by atoms with Gasteiger partial charge in [0.1, 0.15) is 11.8 Å². The first-order chi connectivity index (χ1) is 10.1. The van der Waals surface area contributed by atoms with Crippen molar-refractivity contribution in [1.29, 1.82) is 0 Å². The molecule has 0 radical (unpaired) electrons. The second kappa shape index (κ2) is 7.31. The fourth-order valence-corrected chi connectivity index (χ4v) is 2.36. The van der Waals surface area contributed by atoms with Crippen molar-refractivity contribution < 1.29 is 9.53 Å². The number of rotatable bonds is 5. The molecule has 21 heavy (non-hydrogen) atoms. The molecule has 0 bridgehead atoms. The van der Waals surface area contributed by atoms with Crippen molar-refractivity contribution in [1.82, 2.24) is 0 Å². The minimum Gasteiger partial charge on any atom is -0.497 e. The van der Waals surface area contributed by atoms with Gasteiger partial charge in [-0.05, 0) is 72.0 Å². The molecule has 0 aliphatic heterocycles. The molecule has 2 N–H and O–H groups in total. The van der Waals surface area contributed by atoms with Gasteiger partial charge in [-0.2, -0.15) is 0 Å². The zero-order valence-electron chi connectivity index (χ0n) is 11.9. The average molecular weight is 396 g/mol. The van der Waals surface area contributed by atoms with Gasteiger partial charge in [0.25, 0.3) is 0 Å². The lowest BCUT2D eigenvalue weighted by Gasteiger charge is -2.15. The largest absolute Gasteiger partial charge is 0.497 e. The van der Waals surface area contributed by atoms with Crippen molar-refractivity contribution in [2.24, 2.45) is 0 Å². The molecular weight excluding hydrogens is 379 g/mol. The molecule has 0 fully saturated rings. The zero-order chi connectivity index (χ0) is 15.2. The highest BCUT2D eigenvalue weighted by atomic mass is 127. The Labute approximate surface area is 138 Å². The van der Waals surface area contributed by atoms with E-state index in [4.69, 9.17) is 4.74 Å². The van der Waals surface area contributed by atoms with Crippen molar-refractivity contribution in [2.45, 2.75) is 13.0 Å². The normalized spacial score (nSPS) is 11.6. The highest BCUT2D eigenvalue weighted by molar-refractivity contribution is 14.1. The van der Waals surface area contributed by atoms with Gasteiger partial charge < -0.3 is 15.4 Å². The minimum atomic E-state index is -0.328. The number of hydrogen-bond donors (Lipinski definition) is 2. The number of ether oxygens (including phenoxy) is 1. The maximum atomic E-state index is 12.1. The van der Waals surface area contributed by atoms with Gasteiger partial charge in [-0.15, -0.1) is 0 Å². The Hall–Kier alpha value is -1.76. The molecule has 0 aliphatic carbocycles. The lowest BCUT2D eigenvalue weighted by molar-refractivity contribution is -0.116. The molecule has 0 aliphatic rings. The third kappa shape index (κ3) is 4.63. The highest BCUT2D eigenvalue weighted by Crippen LogP contribution is 2.16. The quantitative estimate of drug-likeness (QED) is 0.758. The van der Waals surface area contributed by atoms with Gasteiger partial charge in [-0.1, -0.05) is 6.07 Å². The predicted molar refractivity (Wildman–Crippen MR) is 93.9 cm³/mol. The molecule has 5 heteroatoms. The molecule has 1 atom stereocenters. The molecule has 0 aromatic heterocycles. The van der Waals surface area contributed by atoms with E-state index in [0.29, 0.717) is 0 Å². The molecule has 2 rings (SSSR count). The number of hydrogen-bond acceptors (Lipinski definition) is 3. The van der Waals surface area contributed by atoms with Gasteiger partial charge >= 0.3 is 0 Å². The summed E-state index contributed by atoms with van der Waals surface area (Å²) in [6.07, 6.45) is 0. The minimum absolute atomic E-state index is 0.0842. The van der Waals surface area contributed by atoms with Crippen molar-refractivity contribution >= 4 is 39.9 Å². The summed E-state index contributed by atoms with van der Waals surface area (Å²) >= 11 is 2.24. The van der Waals surface area contributed by atoms with Crippen LogP contribution in [0.2, 0.25) is 0 Å². The maximum Gasteiger partial charge on any atom is 0.246 e. The summed E-state index contributed by atoms with van der Waals surface area (Å²) in [5.41, 5.74) is 1.68. The van der Waals surface area contributed by atoms with E-state index >= 15 is 0 Å². The van der Waals surface area contributed by atoms with Crippen LogP contribution >= 0.6 is 22.6 Å². The standard InChI is InChI=1S/C16H17IN2O2/c1-11(18-14-5-3-4-12(17)10-14)16(20)19-13-6-8-15(21-2)9-7-13/h3-11,18H,1-2H3,(H,19,20). The molecule has 0 heterocycles. The fraction of sp³-hybridized carbons (Fsp3) is 0.188. The number of methoxy groups -OCH3 is 1. The lowest BCUT2D eigenvalue weighted by atomic mass is 10.2. The number of anilines is 2. The first-order valence-electron chi connectivity index (χ1n) is 6.55. The first-order valence-corrected chi connectivity index (χ1v) is 7.63. The predicted octanol–water partition coefficient (Wildman–Crippen LogP) is 3.74. The molecule has 0 saturated carbocycles. The van der Waals surface area contributed by atoms with Crippen LogP contribution < -0.4 is 15.4 Å². The van der Waals surface area contributed by atoms with Gasteiger partial charge in [0, 0.05) is 14.9 Å². The smallest absolute Gasteiger partial charge is 0.246 e. The third-order valence-electron chi connectivity index (χ3n) is 2.96. The van der Waals surface area contributed by atoms with Crippen LogP contribution in [0.15, 0.2) is 48.5 Å². The Kier molecular flexibility index (Phi) is 5.44. The third-order valence-corrected chi connectivity index (χ3v) is 3.63. The maximum absolute atomic E-state index is 12.1. The molecule has 0 saturated heterocycles. The van der Waals surface area contributed by atoms with Crippen LogP contribution in [0.1, 0.15) is 6.92 Å². The monoisotopic (exact) mass is 396 g/mol. The van der Waals surface area contributed by atoms with E-state index in [-0.39, 0.29) is 11.9 Å². The molecule has 1 unspecified atom stereocenters. The number of halogens is 1. The number of carbonyl (C=O) groups excluding carboxylic acids is 1. The molecule has 0 spiro atoms. The van der Waals surface area contributed by atoms with Crippen LogP contribution in [0, 0.1) is 3.57 Å². The van der Waals surface area contributed by atoms with Crippen molar-refractivity contribution in [3.63, 3.8) is 0 Å². The summed E-state index contributed by atoms with van der Waals surface area (Å²) in [6, 6.07) is 14.8. The van der Waals surface area contributed by atoms with Crippen molar-refractivity contribution in [3.05, 3.63) is 52.1 Å². The average Bonchev–Trinajstić information content (AvgIpc) is 2.48. The Morgan fingerprint density at radius 3 is 2.48 bits per heavy atom. The zero-order valence-corrected chi connectivity index (χ0v) is 14.0. The Bertz CT molecular complexity index is 614. The summed E-state index contributed by atoms with van der Waals surface area (Å²) in [5, 5.41) is 6.05. The molecular formula is C16H17IN2O2. The van der Waals surface area contributed by atoms with E-state index in [2.05, 4.69) is 33.2 Å². The molecule has 1 amide bonds. The van der Waals surface area contributed by atoms with E-state index in [1.165, 1.54) is 0 Å². The number of nitrogens with one attached hydrogen (secondary N) is 2. The van der Waals surface area contributed by atoms with E-state index in [1.807, 2.05) is 55.5 Å². The molecule has 2 aromatic carbocycles. The molecule has 4 nitrogen and oxygen atoms in total. The summed E-state index contributed by atoms with van der Waals surface area (Å²) in [5.74, 6) is 0.678. The Morgan fingerprint density at radius 2 is 1.86 bits per heavy atom. The van der Waals surface area contributed by atoms with Crippen LogP contribution in [0.25, 0.3) is 0 Å². The second-order valence-electron chi connectivity index (χ2n) is 4.59. The van der Waals surface area contributed by atoms with Gasteiger partial charge in [-0.3, -0.25) is 4.79 Å². The Balaban J connectivity index is 1.95. The molecule has 2 aromatic rings. The number of amides is 1. The van der Waals surface area contributed by atoms with Crippen LogP contribution in [0.3, 0.4) is 0 Å². The van der Waals surface area contributed by atoms with Gasteiger partial charge in [0.2, 0.25) is 5.91 Å². The number of benzene rings is 2. The lowest BCUT2D eigenvalue weighted by Crippen LogP contribution is -2.31.